The van der Waals surface area contributed by atoms with Gasteiger partial charge >= 0.3 is 0 Å². The molecule has 1 heterocycles. The predicted octanol–water partition coefficient (Wildman–Crippen LogP) is 5.36. The topological polar surface area (TPSA) is 52.7 Å². The van der Waals surface area contributed by atoms with Gasteiger partial charge in [-0.05, 0) is 69.2 Å². The molecule has 0 aromatic heterocycles. The Morgan fingerprint density at radius 3 is 2.64 bits per heavy atom. The number of anilines is 1. The first-order chi connectivity index (χ1) is 15.9. The van der Waals surface area contributed by atoms with Crippen molar-refractivity contribution in [2.45, 2.75) is 44.6 Å². The number of carbonyl (C=O) groups is 2. The first-order valence-electron chi connectivity index (χ1n) is 11.4. The predicted molar refractivity (Wildman–Crippen MR) is 134 cm³/mol. The molecule has 1 aliphatic heterocycles. The summed E-state index contributed by atoms with van der Waals surface area (Å²) in [5, 5.41) is 3.26. The number of amides is 2. The highest BCUT2D eigenvalue weighted by Gasteiger charge is 2.27. The second-order valence-corrected chi connectivity index (χ2v) is 9.53. The van der Waals surface area contributed by atoms with Crippen molar-refractivity contribution in [3.05, 3.63) is 58.4 Å². The van der Waals surface area contributed by atoms with E-state index in [1.165, 1.54) is 28.8 Å². The number of hydrogen-bond donors (Lipinski definition) is 1. The van der Waals surface area contributed by atoms with Crippen LogP contribution >= 0.6 is 23.4 Å². The van der Waals surface area contributed by atoms with Gasteiger partial charge in [0.15, 0.2) is 0 Å². The molecule has 33 heavy (non-hydrogen) atoms. The van der Waals surface area contributed by atoms with E-state index in [4.69, 9.17) is 11.6 Å². The number of halogens is 2. The van der Waals surface area contributed by atoms with Crippen LogP contribution in [0.1, 0.15) is 49.0 Å². The van der Waals surface area contributed by atoms with E-state index >= 15 is 0 Å². The van der Waals surface area contributed by atoms with Crippen LogP contribution in [0.5, 0.6) is 0 Å². The zero-order valence-corrected chi connectivity index (χ0v) is 20.8. The van der Waals surface area contributed by atoms with Crippen molar-refractivity contribution in [3.8, 4) is 0 Å². The second-order valence-electron chi connectivity index (χ2n) is 8.10. The summed E-state index contributed by atoms with van der Waals surface area (Å²) >= 11 is 7.61. The molecular weight excluding hydrogens is 461 g/mol. The molecule has 0 saturated heterocycles. The summed E-state index contributed by atoms with van der Waals surface area (Å²) in [6.45, 7) is 8.05. The molecular formula is C25H31ClFN3O2S. The van der Waals surface area contributed by atoms with E-state index in [1.54, 1.807) is 18.2 Å². The van der Waals surface area contributed by atoms with E-state index in [9.17, 15) is 14.0 Å². The van der Waals surface area contributed by atoms with Gasteiger partial charge in [-0.2, -0.15) is 0 Å². The lowest BCUT2D eigenvalue weighted by molar-refractivity contribution is -0.116. The molecule has 1 N–H and O–H groups in total. The third-order valence-electron chi connectivity index (χ3n) is 5.56. The van der Waals surface area contributed by atoms with Gasteiger partial charge < -0.3 is 15.1 Å². The Morgan fingerprint density at radius 1 is 1.18 bits per heavy atom. The average Bonchev–Trinajstić information content (AvgIpc) is 2.80. The third kappa shape index (κ3) is 6.71. The number of benzene rings is 2. The molecule has 0 spiro atoms. The summed E-state index contributed by atoms with van der Waals surface area (Å²) in [6, 6.07) is 9.81. The highest BCUT2D eigenvalue weighted by molar-refractivity contribution is 8.00. The lowest BCUT2D eigenvalue weighted by atomic mass is 10.1. The van der Waals surface area contributed by atoms with Crippen LogP contribution < -0.4 is 10.2 Å². The lowest BCUT2D eigenvalue weighted by Crippen LogP contribution is -2.35. The summed E-state index contributed by atoms with van der Waals surface area (Å²) in [6.07, 6.45) is 3.11. The van der Waals surface area contributed by atoms with Gasteiger partial charge in [-0.1, -0.05) is 31.5 Å². The summed E-state index contributed by atoms with van der Waals surface area (Å²) in [4.78, 5) is 30.3. The second kappa shape index (κ2) is 12.4. The van der Waals surface area contributed by atoms with E-state index < -0.39 is 5.82 Å². The van der Waals surface area contributed by atoms with Crippen LogP contribution in [-0.4, -0.2) is 48.6 Å². The summed E-state index contributed by atoms with van der Waals surface area (Å²) in [7, 11) is 0. The molecule has 3 rings (SSSR count). The number of nitrogens with zero attached hydrogens (tertiary/aromatic N) is 2. The van der Waals surface area contributed by atoms with Gasteiger partial charge in [0, 0.05) is 27.6 Å². The highest BCUT2D eigenvalue weighted by atomic mass is 35.5. The molecule has 0 unspecified atom stereocenters. The Bertz CT molecular complexity index is 962. The molecule has 0 atom stereocenters. The Morgan fingerprint density at radius 2 is 1.94 bits per heavy atom. The summed E-state index contributed by atoms with van der Waals surface area (Å²) < 4.78 is 14.3. The zero-order valence-electron chi connectivity index (χ0n) is 19.2. The molecule has 2 aromatic carbocycles. The van der Waals surface area contributed by atoms with Gasteiger partial charge in [-0.15, -0.1) is 11.8 Å². The number of rotatable bonds is 11. The molecule has 0 aliphatic carbocycles. The van der Waals surface area contributed by atoms with Gasteiger partial charge in [0.05, 0.1) is 18.0 Å². The molecule has 5 nitrogen and oxygen atoms in total. The Hall–Kier alpha value is -2.09. The molecule has 0 bridgehead atoms. The minimum absolute atomic E-state index is 0.0215. The van der Waals surface area contributed by atoms with Crippen molar-refractivity contribution in [1.82, 2.24) is 10.2 Å². The first-order valence-corrected chi connectivity index (χ1v) is 12.8. The molecule has 8 heteroatoms. The van der Waals surface area contributed by atoms with Crippen LogP contribution in [0, 0.1) is 5.82 Å². The lowest BCUT2D eigenvalue weighted by Gasteiger charge is -2.30. The SMILES string of the molecule is CCCN(CCC)CCCNC(=O)c1ccc2c(c1)N(Cc1c(F)cccc1Cl)C(=O)CS2. The number of hydrogen-bond acceptors (Lipinski definition) is 4. The average molecular weight is 492 g/mol. The smallest absolute Gasteiger partial charge is 0.251 e. The monoisotopic (exact) mass is 491 g/mol. The maximum Gasteiger partial charge on any atom is 0.251 e. The maximum absolute atomic E-state index is 14.3. The van der Waals surface area contributed by atoms with Crippen LogP contribution in [0.15, 0.2) is 41.3 Å². The molecule has 1 aliphatic rings. The Balaban J connectivity index is 1.68. The normalized spacial score (nSPS) is 13.4. The zero-order chi connectivity index (χ0) is 23.8. The van der Waals surface area contributed by atoms with Gasteiger partial charge in [0.25, 0.3) is 5.91 Å². The minimum atomic E-state index is -0.454. The fraction of sp³-hybridized carbons (Fsp3) is 0.440. The largest absolute Gasteiger partial charge is 0.352 e. The fourth-order valence-corrected chi connectivity index (χ4v) is 5.07. The Kier molecular flexibility index (Phi) is 9.59. The number of thioether (sulfide) groups is 1. The van der Waals surface area contributed by atoms with Crippen molar-refractivity contribution >= 4 is 40.9 Å². The number of carbonyl (C=O) groups excluding carboxylic acids is 2. The molecule has 0 saturated carbocycles. The van der Waals surface area contributed by atoms with E-state index in [2.05, 4.69) is 24.1 Å². The molecule has 2 amide bonds. The first kappa shape index (κ1) is 25.5. The van der Waals surface area contributed by atoms with Gasteiger partial charge in [-0.25, -0.2) is 4.39 Å². The van der Waals surface area contributed by atoms with Crippen LogP contribution in [0.2, 0.25) is 5.02 Å². The van der Waals surface area contributed by atoms with E-state index in [1.807, 2.05) is 6.07 Å². The maximum atomic E-state index is 14.3. The van der Waals surface area contributed by atoms with E-state index in [-0.39, 0.29) is 34.7 Å². The number of fused-ring (bicyclic) bond motifs is 1. The summed E-state index contributed by atoms with van der Waals surface area (Å²) in [5.74, 6) is -0.515. The number of nitrogens with one attached hydrogen (secondary N) is 1. The van der Waals surface area contributed by atoms with Crippen LogP contribution in [0.25, 0.3) is 0 Å². The summed E-state index contributed by atoms with van der Waals surface area (Å²) in [5.41, 5.74) is 1.36. The van der Waals surface area contributed by atoms with Crippen molar-refractivity contribution in [3.63, 3.8) is 0 Å². The minimum Gasteiger partial charge on any atom is -0.352 e. The van der Waals surface area contributed by atoms with Gasteiger partial charge in [-0.3, -0.25) is 9.59 Å². The van der Waals surface area contributed by atoms with E-state index in [0.717, 1.165) is 43.8 Å². The van der Waals surface area contributed by atoms with Crippen LogP contribution in [0.3, 0.4) is 0 Å². The molecule has 178 valence electrons. The van der Waals surface area contributed by atoms with Gasteiger partial charge in [0.2, 0.25) is 5.91 Å². The third-order valence-corrected chi connectivity index (χ3v) is 6.96. The van der Waals surface area contributed by atoms with Crippen LogP contribution in [0.4, 0.5) is 10.1 Å². The van der Waals surface area contributed by atoms with Crippen molar-refractivity contribution in [2.75, 3.05) is 36.8 Å². The molecule has 2 aromatic rings. The molecule has 0 radical (unpaired) electrons. The van der Waals surface area contributed by atoms with Crippen molar-refractivity contribution < 1.29 is 14.0 Å². The fourth-order valence-electron chi connectivity index (χ4n) is 3.93. The highest BCUT2D eigenvalue weighted by Crippen LogP contribution is 2.37. The quantitative estimate of drug-likeness (QED) is 0.430. The standard InChI is InChI=1S/C25H31ClFN3O2S/c1-3-12-29(13-4-2)14-6-11-28-25(32)18-9-10-23-22(15-18)30(24(31)17-33-23)16-19-20(26)7-5-8-21(19)27/h5,7-10,15H,3-4,6,11-14,16-17H2,1-2H3,(H,28,32). The van der Waals surface area contributed by atoms with Crippen molar-refractivity contribution in [2.24, 2.45) is 0 Å². The van der Waals surface area contributed by atoms with E-state index in [0.29, 0.717) is 17.8 Å². The van der Waals surface area contributed by atoms with Crippen molar-refractivity contribution in [1.29, 1.82) is 0 Å². The molecule has 0 fully saturated rings. The van der Waals surface area contributed by atoms with Gasteiger partial charge in [0.1, 0.15) is 5.82 Å². The Labute approximate surface area is 204 Å². The van der Waals surface area contributed by atoms with Crippen LogP contribution in [-0.2, 0) is 11.3 Å².